The van der Waals surface area contributed by atoms with Crippen LogP contribution in [0.5, 0.6) is 0 Å². The van der Waals surface area contributed by atoms with Gasteiger partial charge in [-0.1, -0.05) is 22.4 Å². The van der Waals surface area contributed by atoms with Crippen LogP contribution in [0.1, 0.15) is 19.3 Å². The SMILES string of the molecule is COCC1CCCC1Br. The van der Waals surface area contributed by atoms with E-state index in [1.807, 2.05) is 0 Å². The Labute approximate surface area is 64.9 Å². The maximum Gasteiger partial charge on any atom is 0.0501 e. The quantitative estimate of drug-likeness (QED) is 0.611. The van der Waals surface area contributed by atoms with Gasteiger partial charge in [0.25, 0.3) is 0 Å². The van der Waals surface area contributed by atoms with Gasteiger partial charge >= 0.3 is 0 Å². The van der Waals surface area contributed by atoms with Crippen LogP contribution in [0, 0.1) is 5.92 Å². The van der Waals surface area contributed by atoms with E-state index in [1.54, 1.807) is 7.11 Å². The fourth-order valence-electron chi connectivity index (χ4n) is 1.39. The van der Waals surface area contributed by atoms with Gasteiger partial charge in [-0.05, 0) is 18.8 Å². The van der Waals surface area contributed by atoms with Crippen LogP contribution < -0.4 is 0 Å². The minimum atomic E-state index is 0.720. The first-order valence-corrected chi connectivity index (χ1v) is 4.39. The fourth-order valence-corrected chi connectivity index (χ4v) is 2.13. The van der Waals surface area contributed by atoms with Crippen molar-refractivity contribution < 1.29 is 4.74 Å². The van der Waals surface area contributed by atoms with Crippen molar-refractivity contribution in [2.24, 2.45) is 5.92 Å². The van der Waals surface area contributed by atoms with Gasteiger partial charge in [0.1, 0.15) is 0 Å². The Morgan fingerprint density at radius 3 is 2.78 bits per heavy atom. The molecule has 0 aliphatic heterocycles. The Balaban J connectivity index is 2.22. The van der Waals surface area contributed by atoms with Crippen LogP contribution in [-0.2, 0) is 4.74 Å². The van der Waals surface area contributed by atoms with Crippen molar-refractivity contribution in [3.8, 4) is 0 Å². The third kappa shape index (κ3) is 1.94. The van der Waals surface area contributed by atoms with E-state index in [2.05, 4.69) is 15.9 Å². The summed E-state index contributed by atoms with van der Waals surface area (Å²) < 4.78 is 5.07. The van der Waals surface area contributed by atoms with E-state index in [4.69, 9.17) is 4.74 Å². The molecule has 54 valence electrons. The molecule has 0 N–H and O–H groups in total. The molecule has 0 bridgehead atoms. The van der Waals surface area contributed by atoms with Gasteiger partial charge in [-0.3, -0.25) is 0 Å². The first kappa shape index (κ1) is 7.55. The first-order chi connectivity index (χ1) is 4.34. The standard InChI is InChI=1S/C7H13BrO/c1-9-5-6-3-2-4-7(6)8/h6-7H,2-5H2,1H3. The van der Waals surface area contributed by atoms with Crippen LogP contribution in [0.3, 0.4) is 0 Å². The van der Waals surface area contributed by atoms with Gasteiger partial charge in [-0.15, -0.1) is 0 Å². The summed E-state index contributed by atoms with van der Waals surface area (Å²) in [6, 6.07) is 0. The predicted molar refractivity (Wildman–Crippen MR) is 41.9 cm³/mol. The molecular formula is C7H13BrO. The average Bonchev–Trinajstić information content (AvgIpc) is 2.18. The van der Waals surface area contributed by atoms with Gasteiger partial charge in [0.2, 0.25) is 0 Å². The molecule has 1 aliphatic carbocycles. The lowest BCUT2D eigenvalue weighted by Gasteiger charge is -2.10. The highest BCUT2D eigenvalue weighted by Crippen LogP contribution is 2.31. The zero-order chi connectivity index (χ0) is 6.69. The van der Waals surface area contributed by atoms with Crippen molar-refractivity contribution in [2.45, 2.75) is 24.1 Å². The number of halogens is 1. The van der Waals surface area contributed by atoms with Crippen LogP contribution in [0.2, 0.25) is 0 Å². The summed E-state index contributed by atoms with van der Waals surface area (Å²) in [6.45, 7) is 0.927. The van der Waals surface area contributed by atoms with E-state index in [0.29, 0.717) is 0 Å². The highest BCUT2D eigenvalue weighted by molar-refractivity contribution is 9.09. The maximum absolute atomic E-state index is 5.07. The molecule has 2 heteroatoms. The summed E-state index contributed by atoms with van der Waals surface area (Å²) in [4.78, 5) is 0.720. The average molecular weight is 193 g/mol. The molecule has 0 heterocycles. The Hall–Kier alpha value is 0.440. The summed E-state index contributed by atoms with van der Waals surface area (Å²) in [5.41, 5.74) is 0. The van der Waals surface area contributed by atoms with E-state index in [9.17, 15) is 0 Å². The monoisotopic (exact) mass is 192 g/mol. The van der Waals surface area contributed by atoms with Crippen molar-refractivity contribution >= 4 is 15.9 Å². The van der Waals surface area contributed by atoms with Crippen LogP contribution in [0.4, 0.5) is 0 Å². The third-order valence-electron chi connectivity index (χ3n) is 1.95. The highest BCUT2D eigenvalue weighted by Gasteiger charge is 2.23. The van der Waals surface area contributed by atoms with Crippen molar-refractivity contribution in [3.05, 3.63) is 0 Å². The lowest BCUT2D eigenvalue weighted by molar-refractivity contribution is 0.157. The van der Waals surface area contributed by atoms with E-state index in [0.717, 1.165) is 17.4 Å². The Morgan fingerprint density at radius 2 is 2.33 bits per heavy atom. The van der Waals surface area contributed by atoms with E-state index < -0.39 is 0 Å². The number of ether oxygens (including phenoxy) is 1. The van der Waals surface area contributed by atoms with Gasteiger partial charge in [0.05, 0.1) is 6.61 Å². The number of hydrogen-bond donors (Lipinski definition) is 0. The summed E-state index contributed by atoms with van der Waals surface area (Å²) in [5.74, 6) is 0.773. The molecule has 0 amide bonds. The second kappa shape index (κ2) is 3.57. The topological polar surface area (TPSA) is 9.23 Å². The molecule has 2 unspecified atom stereocenters. The molecule has 0 radical (unpaired) electrons. The lowest BCUT2D eigenvalue weighted by atomic mass is 10.1. The van der Waals surface area contributed by atoms with E-state index >= 15 is 0 Å². The van der Waals surface area contributed by atoms with Gasteiger partial charge in [-0.2, -0.15) is 0 Å². The second-order valence-electron chi connectivity index (χ2n) is 2.66. The number of alkyl halides is 1. The molecule has 2 atom stereocenters. The molecule has 1 saturated carbocycles. The van der Waals surface area contributed by atoms with Gasteiger partial charge in [-0.25, -0.2) is 0 Å². The molecule has 1 nitrogen and oxygen atoms in total. The summed E-state index contributed by atoms with van der Waals surface area (Å²) in [5, 5.41) is 0. The molecule has 0 aromatic heterocycles. The highest BCUT2D eigenvalue weighted by atomic mass is 79.9. The van der Waals surface area contributed by atoms with Crippen LogP contribution >= 0.6 is 15.9 Å². The predicted octanol–water partition coefficient (Wildman–Crippen LogP) is 2.20. The molecule has 1 fully saturated rings. The maximum atomic E-state index is 5.07. The van der Waals surface area contributed by atoms with Crippen LogP contribution in [-0.4, -0.2) is 18.5 Å². The van der Waals surface area contributed by atoms with Crippen LogP contribution in [0.15, 0.2) is 0 Å². The molecule has 9 heavy (non-hydrogen) atoms. The zero-order valence-electron chi connectivity index (χ0n) is 5.77. The van der Waals surface area contributed by atoms with Crippen molar-refractivity contribution in [1.82, 2.24) is 0 Å². The van der Waals surface area contributed by atoms with Crippen LogP contribution in [0.25, 0.3) is 0 Å². The second-order valence-corrected chi connectivity index (χ2v) is 3.84. The summed E-state index contributed by atoms with van der Waals surface area (Å²) in [7, 11) is 1.78. The summed E-state index contributed by atoms with van der Waals surface area (Å²) in [6.07, 6.45) is 4.03. The normalized spacial score (nSPS) is 35.3. The van der Waals surface area contributed by atoms with Gasteiger partial charge in [0, 0.05) is 11.9 Å². The third-order valence-corrected chi connectivity index (χ3v) is 3.15. The smallest absolute Gasteiger partial charge is 0.0501 e. The molecule has 1 aliphatic rings. The van der Waals surface area contributed by atoms with Crippen molar-refractivity contribution in [3.63, 3.8) is 0 Å². The number of methoxy groups -OCH3 is 1. The summed E-state index contributed by atoms with van der Waals surface area (Å²) >= 11 is 3.63. The Morgan fingerprint density at radius 1 is 1.56 bits per heavy atom. The Bertz CT molecular complexity index is 85.0. The van der Waals surface area contributed by atoms with Crippen molar-refractivity contribution in [2.75, 3.05) is 13.7 Å². The molecule has 0 aromatic carbocycles. The van der Waals surface area contributed by atoms with E-state index in [1.165, 1.54) is 19.3 Å². The Kier molecular flexibility index (Phi) is 2.99. The zero-order valence-corrected chi connectivity index (χ0v) is 7.36. The fraction of sp³-hybridized carbons (Fsp3) is 1.00. The van der Waals surface area contributed by atoms with Gasteiger partial charge in [0.15, 0.2) is 0 Å². The molecule has 1 rings (SSSR count). The van der Waals surface area contributed by atoms with Gasteiger partial charge < -0.3 is 4.74 Å². The lowest BCUT2D eigenvalue weighted by Crippen LogP contribution is -2.12. The molecule has 0 saturated heterocycles. The number of hydrogen-bond acceptors (Lipinski definition) is 1. The molecule has 0 aromatic rings. The minimum absolute atomic E-state index is 0.720. The minimum Gasteiger partial charge on any atom is -0.384 e. The van der Waals surface area contributed by atoms with Crippen molar-refractivity contribution in [1.29, 1.82) is 0 Å². The number of rotatable bonds is 2. The first-order valence-electron chi connectivity index (χ1n) is 3.47. The molecular weight excluding hydrogens is 180 g/mol. The van der Waals surface area contributed by atoms with E-state index in [-0.39, 0.29) is 0 Å². The largest absolute Gasteiger partial charge is 0.384 e. The molecule has 0 spiro atoms.